The van der Waals surface area contributed by atoms with Crippen molar-refractivity contribution in [1.82, 2.24) is 0 Å². The van der Waals surface area contributed by atoms with Gasteiger partial charge in [-0.05, 0) is 25.2 Å². The predicted octanol–water partition coefficient (Wildman–Crippen LogP) is 1.67. The summed E-state index contributed by atoms with van der Waals surface area (Å²) in [7, 11) is 0. The second-order valence-electron chi connectivity index (χ2n) is 3.93. The van der Waals surface area contributed by atoms with Gasteiger partial charge in [-0.25, -0.2) is 0 Å². The van der Waals surface area contributed by atoms with Crippen LogP contribution in [0.5, 0.6) is 0 Å². The zero-order chi connectivity index (χ0) is 8.81. The van der Waals surface area contributed by atoms with Gasteiger partial charge in [0.05, 0.1) is 0 Å². The molecule has 72 valence electrons. The van der Waals surface area contributed by atoms with Gasteiger partial charge >= 0.3 is 0 Å². The third kappa shape index (κ3) is 3.11. The molecule has 1 aliphatic rings. The van der Waals surface area contributed by atoms with E-state index < -0.39 is 0 Å². The van der Waals surface area contributed by atoms with Crippen LogP contribution in [0.15, 0.2) is 0 Å². The van der Waals surface area contributed by atoms with Crippen LogP contribution in [0.3, 0.4) is 0 Å². The van der Waals surface area contributed by atoms with E-state index >= 15 is 0 Å². The summed E-state index contributed by atoms with van der Waals surface area (Å²) in [5.74, 6) is 0.680. The molecule has 1 fully saturated rings. The van der Waals surface area contributed by atoms with Crippen LogP contribution in [0.25, 0.3) is 0 Å². The Balaban J connectivity index is 2.27. The summed E-state index contributed by atoms with van der Waals surface area (Å²) in [6.45, 7) is 0.248. The van der Waals surface area contributed by atoms with Crippen molar-refractivity contribution < 1.29 is 5.11 Å². The third-order valence-electron chi connectivity index (χ3n) is 2.97. The molecule has 1 saturated carbocycles. The maximum absolute atomic E-state index is 8.76. The lowest BCUT2D eigenvalue weighted by Crippen LogP contribution is -2.30. The van der Waals surface area contributed by atoms with Gasteiger partial charge < -0.3 is 10.8 Å². The Morgan fingerprint density at radius 3 is 2.25 bits per heavy atom. The number of hydrogen-bond donors (Lipinski definition) is 2. The van der Waals surface area contributed by atoms with E-state index in [1.807, 2.05) is 0 Å². The molecule has 12 heavy (non-hydrogen) atoms. The molecule has 2 nitrogen and oxygen atoms in total. The van der Waals surface area contributed by atoms with Crippen molar-refractivity contribution in [3.8, 4) is 0 Å². The van der Waals surface area contributed by atoms with Gasteiger partial charge in [-0.2, -0.15) is 0 Å². The van der Waals surface area contributed by atoms with E-state index in [1.165, 1.54) is 38.5 Å². The first-order valence-electron chi connectivity index (χ1n) is 5.21. The molecule has 0 aliphatic heterocycles. The maximum atomic E-state index is 8.76. The van der Waals surface area contributed by atoms with Crippen LogP contribution in [0.4, 0.5) is 0 Å². The SMILES string of the molecule is NC(CCO)C1CCCCCC1. The Bertz CT molecular complexity index is 108. The number of hydrogen-bond acceptors (Lipinski definition) is 2. The number of aliphatic hydroxyl groups excluding tert-OH is 1. The Labute approximate surface area is 75.2 Å². The third-order valence-corrected chi connectivity index (χ3v) is 2.97. The van der Waals surface area contributed by atoms with Crippen LogP contribution in [0, 0.1) is 5.92 Å². The van der Waals surface area contributed by atoms with Gasteiger partial charge in [-0.15, -0.1) is 0 Å². The van der Waals surface area contributed by atoms with E-state index in [0.29, 0.717) is 5.92 Å². The zero-order valence-electron chi connectivity index (χ0n) is 7.84. The molecule has 0 heterocycles. The highest BCUT2D eigenvalue weighted by atomic mass is 16.3. The largest absolute Gasteiger partial charge is 0.396 e. The highest BCUT2D eigenvalue weighted by Crippen LogP contribution is 2.25. The van der Waals surface area contributed by atoms with E-state index in [1.54, 1.807) is 0 Å². The molecule has 0 aromatic carbocycles. The van der Waals surface area contributed by atoms with Crippen LogP contribution >= 0.6 is 0 Å². The monoisotopic (exact) mass is 171 g/mol. The zero-order valence-corrected chi connectivity index (χ0v) is 7.84. The number of aliphatic hydroxyl groups is 1. The van der Waals surface area contributed by atoms with E-state index in [9.17, 15) is 0 Å². The Hall–Kier alpha value is -0.0800. The fourth-order valence-electron chi connectivity index (χ4n) is 2.12. The van der Waals surface area contributed by atoms with Crippen molar-refractivity contribution in [3.05, 3.63) is 0 Å². The van der Waals surface area contributed by atoms with Gasteiger partial charge in [0.25, 0.3) is 0 Å². The minimum Gasteiger partial charge on any atom is -0.396 e. The van der Waals surface area contributed by atoms with Crippen molar-refractivity contribution >= 4 is 0 Å². The highest BCUT2D eigenvalue weighted by Gasteiger charge is 2.18. The lowest BCUT2D eigenvalue weighted by Gasteiger charge is -2.21. The topological polar surface area (TPSA) is 46.2 Å². The van der Waals surface area contributed by atoms with Crippen LogP contribution < -0.4 is 5.73 Å². The van der Waals surface area contributed by atoms with E-state index in [0.717, 1.165) is 6.42 Å². The summed E-state index contributed by atoms with van der Waals surface area (Å²) < 4.78 is 0. The van der Waals surface area contributed by atoms with E-state index in [-0.39, 0.29) is 12.6 Å². The Morgan fingerprint density at radius 1 is 1.17 bits per heavy atom. The van der Waals surface area contributed by atoms with Crippen LogP contribution in [-0.4, -0.2) is 17.8 Å². The van der Waals surface area contributed by atoms with Crippen molar-refractivity contribution in [2.24, 2.45) is 11.7 Å². The molecular formula is C10H21NO. The normalized spacial score (nSPS) is 23.5. The molecule has 1 unspecified atom stereocenters. The van der Waals surface area contributed by atoms with Gasteiger partial charge in [0, 0.05) is 12.6 Å². The maximum Gasteiger partial charge on any atom is 0.0445 e. The fourth-order valence-corrected chi connectivity index (χ4v) is 2.12. The minimum atomic E-state index is 0.244. The second-order valence-corrected chi connectivity index (χ2v) is 3.93. The van der Waals surface area contributed by atoms with Crippen LogP contribution in [-0.2, 0) is 0 Å². The summed E-state index contributed by atoms with van der Waals surface area (Å²) in [6.07, 6.45) is 8.77. The lowest BCUT2D eigenvalue weighted by atomic mass is 9.91. The van der Waals surface area contributed by atoms with Gasteiger partial charge in [0.2, 0.25) is 0 Å². The molecule has 1 atom stereocenters. The summed E-state index contributed by atoms with van der Waals surface area (Å²) in [6, 6.07) is 0.244. The van der Waals surface area contributed by atoms with Crippen molar-refractivity contribution in [2.75, 3.05) is 6.61 Å². The molecular weight excluding hydrogens is 150 g/mol. The molecule has 2 heteroatoms. The van der Waals surface area contributed by atoms with E-state index in [2.05, 4.69) is 0 Å². The van der Waals surface area contributed by atoms with Crippen molar-refractivity contribution in [1.29, 1.82) is 0 Å². The summed E-state index contributed by atoms with van der Waals surface area (Å²) in [4.78, 5) is 0. The number of rotatable bonds is 3. The summed E-state index contributed by atoms with van der Waals surface area (Å²) in [5.41, 5.74) is 5.97. The first kappa shape index (κ1) is 10.0. The first-order valence-corrected chi connectivity index (χ1v) is 5.21. The summed E-state index contributed by atoms with van der Waals surface area (Å²) >= 11 is 0. The molecule has 1 rings (SSSR count). The van der Waals surface area contributed by atoms with Crippen LogP contribution in [0.1, 0.15) is 44.9 Å². The molecule has 0 aromatic rings. The van der Waals surface area contributed by atoms with Crippen molar-refractivity contribution in [2.45, 2.75) is 51.0 Å². The average molecular weight is 171 g/mol. The number of nitrogens with two attached hydrogens (primary N) is 1. The Morgan fingerprint density at radius 2 is 1.75 bits per heavy atom. The average Bonchev–Trinajstić information content (AvgIpc) is 2.32. The molecule has 3 N–H and O–H groups in total. The predicted molar refractivity (Wildman–Crippen MR) is 50.9 cm³/mol. The Kier molecular flexibility index (Phi) is 4.62. The smallest absolute Gasteiger partial charge is 0.0445 e. The first-order chi connectivity index (χ1) is 5.84. The molecule has 1 aliphatic carbocycles. The van der Waals surface area contributed by atoms with Crippen molar-refractivity contribution in [3.63, 3.8) is 0 Å². The molecule has 0 saturated heterocycles. The van der Waals surface area contributed by atoms with E-state index in [4.69, 9.17) is 10.8 Å². The molecule has 0 aromatic heterocycles. The summed E-state index contributed by atoms with van der Waals surface area (Å²) in [5, 5.41) is 8.76. The second kappa shape index (κ2) is 5.55. The molecule has 0 spiro atoms. The van der Waals surface area contributed by atoms with Gasteiger partial charge in [0.15, 0.2) is 0 Å². The molecule has 0 amide bonds. The minimum absolute atomic E-state index is 0.244. The van der Waals surface area contributed by atoms with Gasteiger partial charge in [-0.1, -0.05) is 25.7 Å². The highest BCUT2D eigenvalue weighted by molar-refractivity contribution is 4.74. The lowest BCUT2D eigenvalue weighted by molar-refractivity contribution is 0.246. The van der Waals surface area contributed by atoms with Gasteiger partial charge in [-0.3, -0.25) is 0 Å². The molecule has 0 bridgehead atoms. The standard InChI is InChI=1S/C10H21NO/c11-10(7-8-12)9-5-3-1-2-4-6-9/h9-10,12H,1-8,11H2. The quantitative estimate of drug-likeness (QED) is 0.634. The van der Waals surface area contributed by atoms with Gasteiger partial charge in [0.1, 0.15) is 0 Å². The fraction of sp³-hybridized carbons (Fsp3) is 1.00. The molecule has 0 radical (unpaired) electrons. The van der Waals surface area contributed by atoms with Crippen LogP contribution in [0.2, 0.25) is 0 Å².